The minimum atomic E-state index is -0.580. The van der Waals surface area contributed by atoms with Crippen molar-refractivity contribution in [3.63, 3.8) is 0 Å². The molecule has 0 aliphatic heterocycles. The molecule has 0 saturated heterocycles. The first-order valence-corrected chi connectivity index (χ1v) is 12.4. The number of amides is 2. The van der Waals surface area contributed by atoms with Crippen molar-refractivity contribution >= 4 is 11.8 Å². The second-order valence-electron chi connectivity index (χ2n) is 10.3. The molecule has 0 spiro atoms. The third-order valence-corrected chi connectivity index (χ3v) is 8.24. The van der Waals surface area contributed by atoms with E-state index in [4.69, 9.17) is 14.2 Å². The van der Waals surface area contributed by atoms with E-state index in [1.54, 1.807) is 26.2 Å². The molecule has 2 aliphatic carbocycles. The highest BCUT2D eigenvalue weighted by Crippen LogP contribution is 2.55. The number of nitrogens with zero attached hydrogens (tertiary/aromatic N) is 1. The highest BCUT2D eigenvalue weighted by atomic mass is 16.5. The van der Waals surface area contributed by atoms with Crippen molar-refractivity contribution in [1.29, 1.82) is 0 Å². The van der Waals surface area contributed by atoms with E-state index in [1.165, 1.54) is 0 Å². The van der Waals surface area contributed by atoms with Crippen LogP contribution in [0.5, 0.6) is 0 Å². The first kappa shape index (κ1) is 28.0. The van der Waals surface area contributed by atoms with Crippen molar-refractivity contribution < 1.29 is 28.9 Å². The zero-order valence-electron chi connectivity index (χ0n) is 21.5. The standard InChI is InChI=1S/C25H46N2O6/c1-17(24(30)27(12-15-32-5)13-16-33-6)19-7-10-25(3)11-8-20(18(2)22(25)23(19)29)26-21(28)9-14-31-4/h17-20,22-23,29H,7-16H2,1-6H3,(H,26,28). The number of carbonyl (C=O) groups is 2. The minimum absolute atomic E-state index is 0.00498. The summed E-state index contributed by atoms with van der Waals surface area (Å²) in [4.78, 5) is 27.5. The van der Waals surface area contributed by atoms with E-state index < -0.39 is 6.10 Å². The number of aliphatic hydroxyl groups is 1. The minimum Gasteiger partial charge on any atom is -0.392 e. The van der Waals surface area contributed by atoms with E-state index in [-0.39, 0.29) is 46.9 Å². The zero-order chi connectivity index (χ0) is 24.6. The zero-order valence-corrected chi connectivity index (χ0v) is 21.5. The number of nitrogens with one attached hydrogen (secondary N) is 1. The van der Waals surface area contributed by atoms with E-state index in [1.807, 2.05) is 6.92 Å². The van der Waals surface area contributed by atoms with Crippen LogP contribution in [0.2, 0.25) is 0 Å². The van der Waals surface area contributed by atoms with Crippen molar-refractivity contribution in [1.82, 2.24) is 10.2 Å². The summed E-state index contributed by atoms with van der Waals surface area (Å²) in [6.07, 6.45) is 3.47. The molecule has 0 aromatic carbocycles. The molecular weight excluding hydrogens is 424 g/mol. The number of hydrogen-bond donors (Lipinski definition) is 2. The summed E-state index contributed by atoms with van der Waals surface area (Å²) in [5.41, 5.74) is 0.0254. The lowest BCUT2D eigenvalue weighted by atomic mass is 9.51. The summed E-state index contributed by atoms with van der Waals surface area (Å²) in [6.45, 7) is 8.73. The van der Waals surface area contributed by atoms with E-state index in [9.17, 15) is 14.7 Å². The molecular formula is C25H46N2O6. The van der Waals surface area contributed by atoms with Crippen LogP contribution in [0.4, 0.5) is 0 Å². The Morgan fingerprint density at radius 3 is 2.21 bits per heavy atom. The van der Waals surface area contributed by atoms with Crippen LogP contribution in [0.1, 0.15) is 52.9 Å². The van der Waals surface area contributed by atoms with Gasteiger partial charge < -0.3 is 29.5 Å². The molecule has 7 unspecified atom stereocenters. The van der Waals surface area contributed by atoms with Gasteiger partial charge in [0.2, 0.25) is 11.8 Å². The lowest BCUT2D eigenvalue weighted by Gasteiger charge is -2.56. The van der Waals surface area contributed by atoms with E-state index in [2.05, 4.69) is 19.2 Å². The molecule has 7 atom stereocenters. The number of aliphatic hydroxyl groups excluding tert-OH is 1. The number of ether oxygens (including phenoxy) is 3. The normalized spacial score (nSPS) is 32.6. The van der Waals surface area contributed by atoms with Crippen LogP contribution in [0, 0.1) is 29.1 Å². The number of carbonyl (C=O) groups excluding carboxylic acids is 2. The molecule has 0 radical (unpaired) electrons. The molecule has 2 fully saturated rings. The molecule has 0 bridgehead atoms. The second-order valence-corrected chi connectivity index (χ2v) is 10.3. The average molecular weight is 471 g/mol. The van der Waals surface area contributed by atoms with E-state index >= 15 is 0 Å². The van der Waals surface area contributed by atoms with Gasteiger partial charge in [0.15, 0.2) is 0 Å². The Morgan fingerprint density at radius 1 is 1.06 bits per heavy atom. The number of hydrogen-bond acceptors (Lipinski definition) is 6. The van der Waals surface area contributed by atoms with Gasteiger partial charge in [-0.3, -0.25) is 9.59 Å². The van der Waals surface area contributed by atoms with Gasteiger partial charge in [0.1, 0.15) is 0 Å². The molecule has 0 aromatic rings. The highest BCUT2D eigenvalue weighted by Gasteiger charge is 2.54. The predicted molar refractivity (Wildman–Crippen MR) is 127 cm³/mol. The molecule has 2 aliphatic rings. The van der Waals surface area contributed by atoms with Gasteiger partial charge in [0, 0.05) is 52.8 Å². The van der Waals surface area contributed by atoms with Crippen LogP contribution < -0.4 is 5.32 Å². The summed E-state index contributed by atoms with van der Waals surface area (Å²) in [5, 5.41) is 14.8. The molecule has 0 heterocycles. The van der Waals surface area contributed by atoms with E-state index in [0.29, 0.717) is 39.3 Å². The second kappa shape index (κ2) is 13.0. The maximum atomic E-state index is 13.4. The van der Waals surface area contributed by atoms with Crippen LogP contribution in [0.25, 0.3) is 0 Å². The van der Waals surface area contributed by atoms with Gasteiger partial charge in [0.25, 0.3) is 0 Å². The molecule has 2 amide bonds. The predicted octanol–water partition coefficient (Wildman–Crippen LogP) is 2.09. The molecule has 192 valence electrons. The van der Waals surface area contributed by atoms with Gasteiger partial charge >= 0.3 is 0 Å². The van der Waals surface area contributed by atoms with Gasteiger partial charge in [-0.25, -0.2) is 0 Å². The molecule has 33 heavy (non-hydrogen) atoms. The number of fused-ring (bicyclic) bond motifs is 1. The molecule has 2 saturated carbocycles. The maximum Gasteiger partial charge on any atom is 0.225 e. The fourth-order valence-corrected chi connectivity index (χ4v) is 6.18. The summed E-state index contributed by atoms with van der Waals surface area (Å²) >= 11 is 0. The Kier molecular flexibility index (Phi) is 11.1. The average Bonchev–Trinajstić information content (AvgIpc) is 2.79. The molecule has 2 N–H and O–H groups in total. The van der Waals surface area contributed by atoms with Crippen LogP contribution in [0.15, 0.2) is 0 Å². The largest absolute Gasteiger partial charge is 0.392 e. The topological polar surface area (TPSA) is 97.3 Å². The molecule has 8 heteroatoms. The Hall–Kier alpha value is -1.22. The third-order valence-electron chi connectivity index (χ3n) is 8.24. The van der Waals surface area contributed by atoms with Crippen LogP contribution in [-0.4, -0.2) is 88.2 Å². The lowest BCUT2D eigenvalue weighted by molar-refractivity contribution is -0.152. The first-order chi connectivity index (χ1) is 15.7. The fraction of sp³-hybridized carbons (Fsp3) is 0.920. The quantitative estimate of drug-likeness (QED) is 0.453. The van der Waals surface area contributed by atoms with Crippen LogP contribution in [-0.2, 0) is 23.8 Å². The third kappa shape index (κ3) is 6.90. The summed E-state index contributed by atoms with van der Waals surface area (Å²) in [6, 6.07) is 0.0340. The Morgan fingerprint density at radius 2 is 1.64 bits per heavy atom. The van der Waals surface area contributed by atoms with Gasteiger partial charge in [-0.1, -0.05) is 20.8 Å². The lowest BCUT2D eigenvalue weighted by Crippen LogP contribution is -2.58. The smallest absolute Gasteiger partial charge is 0.225 e. The Labute approximate surface area is 199 Å². The SMILES string of the molecule is COCCC(=O)NC1CCC2(C)CCC(C(C)C(=O)N(CCOC)CCOC)C(O)C2C1C. The monoisotopic (exact) mass is 470 g/mol. The number of rotatable bonds is 12. The molecule has 8 nitrogen and oxygen atoms in total. The maximum absolute atomic E-state index is 13.4. The van der Waals surface area contributed by atoms with Crippen molar-refractivity contribution in [3.05, 3.63) is 0 Å². The molecule has 0 aromatic heterocycles. The fourth-order valence-electron chi connectivity index (χ4n) is 6.18. The molecule has 2 rings (SSSR count). The van der Waals surface area contributed by atoms with E-state index in [0.717, 1.165) is 25.7 Å². The van der Waals surface area contributed by atoms with Crippen LogP contribution >= 0.6 is 0 Å². The summed E-state index contributed by atoms with van der Waals surface area (Å²) < 4.78 is 15.4. The van der Waals surface area contributed by atoms with Gasteiger partial charge in [-0.05, 0) is 48.9 Å². The number of methoxy groups -OCH3 is 3. The van der Waals surface area contributed by atoms with Crippen molar-refractivity contribution in [2.45, 2.75) is 65.0 Å². The summed E-state index contributed by atoms with van der Waals surface area (Å²) in [5.74, 6) is -0.178. The van der Waals surface area contributed by atoms with Gasteiger partial charge in [-0.15, -0.1) is 0 Å². The van der Waals surface area contributed by atoms with Crippen molar-refractivity contribution in [2.75, 3.05) is 54.2 Å². The van der Waals surface area contributed by atoms with Gasteiger partial charge in [0.05, 0.1) is 25.9 Å². The summed E-state index contributed by atoms with van der Waals surface area (Å²) in [7, 11) is 4.85. The van der Waals surface area contributed by atoms with Crippen molar-refractivity contribution in [2.24, 2.45) is 29.1 Å². The first-order valence-electron chi connectivity index (χ1n) is 12.4. The van der Waals surface area contributed by atoms with Crippen LogP contribution in [0.3, 0.4) is 0 Å². The highest BCUT2D eigenvalue weighted by molar-refractivity contribution is 5.79. The van der Waals surface area contributed by atoms with Gasteiger partial charge in [-0.2, -0.15) is 0 Å². The Balaban J connectivity index is 2.12. The van der Waals surface area contributed by atoms with Crippen molar-refractivity contribution in [3.8, 4) is 0 Å². The Bertz CT molecular complexity index is 624.